The van der Waals surface area contributed by atoms with Crippen molar-refractivity contribution in [2.45, 2.75) is 219 Å². The van der Waals surface area contributed by atoms with Gasteiger partial charge in [-0.25, -0.2) is 0 Å². The standard InChI is InChI=1S/C46H83N3O3/c1-3-5-7-9-11-13-15-17-19-21-23-25-27-29-31-33-39-49(46(52)43-37-35-42(36-38-43)45(51)48-44(50)41-47)40-34-32-30-28-26-24-22-20-18-16-14-12-10-8-6-4-2/h35-38H,3-34,39-41,47H2,1-2H3,(H,48,50,51). The monoisotopic (exact) mass is 726 g/mol. The van der Waals surface area contributed by atoms with Gasteiger partial charge in [0.05, 0.1) is 6.54 Å². The van der Waals surface area contributed by atoms with Crippen LogP contribution in [0, 0.1) is 0 Å². The highest BCUT2D eigenvalue weighted by molar-refractivity contribution is 6.05. The van der Waals surface area contributed by atoms with Gasteiger partial charge < -0.3 is 10.6 Å². The maximum Gasteiger partial charge on any atom is 0.257 e. The molecule has 300 valence electrons. The number of nitrogens with one attached hydrogen (secondary N) is 1. The average molecular weight is 726 g/mol. The molecule has 1 aromatic carbocycles. The van der Waals surface area contributed by atoms with Gasteiger partial charge >= 0.3 is 0 Å². The van der Waals surface area contributed by atoms with Crippen molar-refractivity contribution in [3.63, 3.8) is 0 Å². The molecule has 6 heteroatoms. The highest BCUT2D eigenvalue weighted by Crippen LogP contribution is 2.17. The van der Waals surface area contributed by atoms with Gasteiger partial charge in [-0.15, -0.1) is 0 Å². The summed E-state index contributed by atoms with van der Waals surface area (Å²) < 4.78 is 0. The Kier molecular flexibility index (Phi) is 32.9. The summed E-state index contributed by atoms with van der Waals surface area (Å²) in [7, 11) is 0. The zero-order valence-electron chi connectivity index (χ0n) is 34.3. The predicted molar refractivity (Wildman–Crippen MR) is 223 cm³/mol. The molecule has 0 saturated heterocycles. The molecule has 52 heavy (non-hydrogen) atoms. The molecule has 3 amide bonds. The minimum absolute atomic E-state index is 0.0342. The van der Waals surface area contributed by atoms with Gasteiger partial charge in [-0.05, 0) is 37.1 Å². The van der Waals surface area contributed by atoms with Crippen LogP contribution in [-0.2, 0) is 4.79 Å². The second-order valence-electron chi connectivity index (χ2n) is 15.6. The van der Waals surface area contributed by atoms with E-state index >= 15 is 0 Å². The number of nitrogens with two attached hydrogens (primary N) is 1. The molecule has 3 N–H and O–H groups in total. The first-order chi connectivity index (χ1) is 25.5. The number of hydrogen-bond donors (Lipinski definition) is 2. The van der Waals surface area contributed by atoms with Gasteiger partial charge in [0, 0.05) is 24.2 Å². The fourth-order valence-electron chi connectivity index (χ4n) is 7.21. The van der Waals surface area contributed by atoms with Gasteiger partial charge in [0.1, 0.15) is 0 Å². The lowest BCUT2D eigenvalue weighted by Gasteiger charge is -2.23. The van der Waals surface area contributed by atoms with E-state index in [2.05, 4.69) is 19.2 Å². The molecule has 0 aliphatic heterocycles. The molecule has 0 radical (unpaired) electrons. The molecular formula is C46H83N3O3. The smallest absolute Gasteiger partial charge is 0.257 e. The van der Waals surface area contributed by atoms with E-state index in [0.29, 0.717) is 11.1 Å². The minimum atomic E-state index is -0.520. The summed E-state index contributed by atoms with van der Waals surface area (Å²) in [5.41, 5.74) is 6.26. The molecule has 0 aromatic heterocycles. The van der Waals surface area contributed by atoms with Crippen LogP contribution in [0.2, 0.25) is 0 Å². The first-order valence-corrected chi connectivity index (χ1v) is 22.5. The highest BCUT2D eigenvalue weighted by Gasteiger charge is 2.17. The fourth-order valence-corrected chi connectivity index (χ4v) is 7.21. The average Bonchev–Trinajstić information content (AvgIpc) is 3.16. The lowest BCUT2D eigenvalue weighted by Crippen LogP contribution is -2.35. The molecule has 0 aliphatic rings. The van der Waals surface area contributed by atoms with Crippen LogP contribution in [-0.4, -0.2) is 42.3 Å². The lowest BCUT2D eigenvalue weighted by molar-refractivity contribution is -0.118. The minimum Gasteiger partial charge on any atom is -0.339 e. The van der Waals surface area contributed by atoms with Gasteiger partial charge in [0.25, 0.3) is 11.8 Å². The predicted octanol–water partition coefficient (Wildman–Crippen LogP) is 12.9. The number of carbonyl (C=O) groups excluding carboxylic acids is 3. The van der Waals surface area contributed by atoms with E-state index in [1.807, 2.05) is 4.90 Å². The number of amides is 3. The molecule has 6 nitrogen and oxygen atoms in total. The Morgan fingerprint density at radius 1 is 0.442 bits per heavy atom. The van der Waals surface area contributed by atoms with Crippen molar-refractivity contribution < 1.29 is 14.4 Å². The molecule has 0 fully saturated rings. The van der Waals surface area contributed by atoms with Crippen LogP contribution in [0.4, 0.5) is 0 Å². The molecule has 0 heterocycles. The first-order valence-electron chi connectivity index (χ1n) is 22.5. The number of unbranched alkanes of at least 4 members (excludes halogenated alkanes) is 30. The van der Waals surface area contributed by atoms with Crippen molar-refractivity contribution in [3.05, 3.63) is 35.4 Å². The number of benzene rings is 1. The molecule has 0 bridgehead atoms. The molecule has 0 atom stereocenters. The molecule has 1 aromatic rings. The Bertz CT molecular complexity index is 944. The summed E-state index contributed by atoms with van der Waals surface area (Å²) >= 11 is 0. The maximum atomic E-state index is 13.6. The van der Waals surface area contributed by atoms with Crippen LogP contribution in [0.25, 0.3) is 0 Å². The van der Waals surface area contributed by atoms with Crippen LogP contribution >= 0.6 is 0 Å². The van der Waals surface area contributed by atoms with Crippen LogP contribution in [0.5, 0.6) is 0 Å². The summed E-state index contributed by atoms with van der Waals surface area (Å²) in [5.74, 6) is -0.978. The first kappa shape index (κ1) is 47.8. The number of nitrogens with zero attached hydrogens (tertiary/aromatic N) is 1. The Morgan fingerprint density at radius 2 is 0.712 bits per heavy atom. The molecule has 0 spiro atoms. The molecule has 0 unspecified atom stereocenters. The third-order valence-electron chi connectivity index (χ3n) is 10.7. The van der Waals surface area contributed by atoms with Crippen LogP contribution in [0.1, 0.15) is 240 Å². The van der Waals surface area contributed by atoms with Crippen molar-refractivity contribution in [2.24, 2.45) is 5.73 Å². The summed E-state index contributed by atoms with van der Waals surface area (Å²) in [4.78, 5) is 39.4. The second kappa shape index (κ2) is 35.8. The van der Waals surface area contributed by atoms with Crippen LogP contribution in [0.3, 0.4) is 0 Å². The van der Waals surface area contributed by atoms with Gasteiger partial charge in [-0.3, -0.25) is 19.7 Å². The normalized spacial score (nSPS) is 11.2. The van der Waals surface area contributed by atoms with Gasteiger partial charge in [0.15, 0.2) is 0 Å². The largest absolute Gasteiger partial charge is 0.339 e. The van der Waals surface area contributed by atoms with Gasteiger partial charge in [-0.1, -0.05) is 206 Å². The second-order valence-corrected chi connectivity index (χ2v) is 15.6. The van der Waals surface area contributed by atoms with E-state index in [0.717, 1.165) is 38.8 Å². The van der Waals surface area contributed by atoms with Crippen molar-refractivity contribution in [1.29, 1.82) is 0 Å². The number of rotatable bonds is 37. The van der Waals surface area contributed by atoms with Gasteiger partial charge in [-0.2, -0.15) is 0 Å². The van der Waals surface area contributed by atoms with Crippen molar-refractivity contribution in [3.8, 4) is 0 Å². The Morgan fingerprint density at radius 3 is 1.00 bits per heavy atom. The Balaban J connectivity index is 2.33. The zero-order valence-corrected chi connectivity index (χ0v) is 34.3. The third kappa shape index (κ3) is 27.4. The zero-order chi connectivity index (χ0) is 37.7. The fraction of sp³-hybridized carbons (Fsp3) is 0.804. The summed E-state index contributed by atoms with van der Waals surface area (Å²) in [5, 5.41) is 2.26. The van der Waals surface area contributed by atoms with E-state index in [9.17, 15) is 14.4 Å². The lowest BCUT2D eigenvalue weighted by atomic mass is 10.0. The number of imide groups is 1. The summed E-state index contributed by atoms with van der Waals surface area (Å²) in [6, 6.07) is 6.65. The van der Waals surface area contributed by atoms with E-state index in [-0.39, 0.29) is 12.5 Å². The number of carbonyl (C=O) groups is 3. The maximum absolute atomic E-state index is 13.6. The van der Waals surface area contributed by atoms with Gasteiger partial charge in [0.2, 0.25) is 5.91 Å². The third-order valence-corrected chi connectivity index (χ3v) is 10.7. The van der Waals surface area contributed by atoms with Crippen molar-refractivity contribution >= 4 is 17.7 Å². The topological polar surface area (TPSA) is 92.5 Å². The Hall–Kier alpha value is -2.21. The van der Waals surface area contributed by atoms with Crippen molar-refractivity contribution in [2.75, 3.05) is 19.6 Å². The molecule has 0 saturated carbocycles. The van der Waals surface area contributed by atoms with E-state index < -0.39 is 11.8 Å². The highest BCUT2D eigenvalue weighted by atomic mass is 16.2. The van der Waals surface area contributed by atoms with E-state index in [1.165, 1.54) is 180 Å². The molecule has 0 aliphatic carbocycles. The van der Waals surface area contributed by atoms with Crippen LogP contribution in [0.15, 0.2) is 24.3 Å². The number of hydrogen-bond acceptors (Lipinski definition) is 4. The van der Waals surface area contributed by atoms with E-state index in [1.54, 1.807) is 24.3 Å². The molecular weight excluding hydrogens is 643 g/mol. The van der Waals surface area contributed by atoms with E-state index in [4.69, 9.17) is 5.73 Å². The molecule has 1 rings (SSSR count). The summed E-state index contributed by atoms with van der Waals surface area (Å²) in [6.45, 7) is 5.89. The quantitative estimate of drug-likeness (QED) is 0.0668. The SMILES string of the molecule is CCCCCCCCCCCCCCCCCCN(CCCCCCCCCCCCCCCCCC)C(=O)c1ccc(C(=O)NC(=O)CN)cc1. The van der Waals surface area contributed by atoms with Crippen LogP contribution < -0.4 is 11.1 Å². The Labute approximate surface area is 321 Å². The summed E-state index contributed by atoms with van der Waals surface area (Å²) in [6.07, 6.45) is 42.8. The van der Waals surface area contributed by atoms with Crippen molar-refractivity contribution in [1.82, 2.24) is 10.2 Å².